The van der Waals surface area contributed by atoms with Crippen molar-refractivity contribution < 1.29 is 13.9 Å². The number of aromatic nitrogens is 1. The normalized spacial score (nSPS) is 17.3. The fraction of sp³-hybridized carbons (Fsp3) is 0.417. The van der Waals surface area contributed by atoms with Crippen LogP contribution in [0.15, 0.2) is 30.5 Å². The molecular weight excluding hydrogens is 384 g/mol. The number of nitrogens with one attached hydrogen (secondary N) is 2. The molecule has 4 nitrogen and oxygen atoms in total. The van der Waals surface area contributed by atoms with Gasteiger partial charge in [0.1, 0.15) is 11.6 Å². The number of rotatable bonds is 2. The predicted molar refractivity (Wildman–Crippen MR) is 120 cm³/mol. The quantitative estimate of drug-likeness (QED) is 0.469. The lowest BCUT2D eigenvalue weighted by Crippen LogP contribution is -2.48. The number of aliphatic hydroxyl groups is 1. The topological polar surface area (TPSA) is 74.1 Å². The average Bonchev–Trinajstić information content (AvgIpc) is 3.06. The molecule has 1 aromatic heterocycles. The monoisotopic (exact) mass is 415 g/mol. The second kappa shape index (κ2) is 8.36. The van der Waals surface area contributed by atoms with Crippen LogP contribution in [0.3, 0.4) is 0 Å². The summed E-state index contributed by atoms with van der Waals surface area (Å²) >= 11 is 0. The molecule has 0 saturated heterocycles. The molecule has 1 atom stereocenters. The number of anilines is 1. The summed E-state index contributed by atoms with van der Waals surface area (Å²) in [5.41, 5.74) is 7.43. The summed E-state index contributed by atoms with van der Waals surface area (Å²) in [5.74, 6) is -0.567. The van der Waals surface area contributed by atoms with E-state index < -0.39 is 23.3 Å². The first-order chi connectivity index (χ1) is 14.1. The van der Waals surface area contributed by atoms with Crippen molar-refractivity contribution in [1.82, 2.24) is 4.98 Å². The Bertz CT molecular complexity index is 1060. The van der Waals surface area contributed by atoms with E-state index in [1.807, 2.05) is 33.0 Å². The summed E-state index contributed by atoms with van der Waals surface area (Å²) in [6, 6.07) is 6.76. The lowest BCUT2D eigenvalue weighted by atomic mass is 9.84. The Balaban J connectivity index is 0.000000461. The van der Waals surface area contributed by atoms with Crippen molar-refractivity contribution in [1.29, 1.82) is 0 Å². The molecule has 0 fully saturated rings. The summed E-state index contributed by atoms with van der Waals surface area (Å²) in [5, 5.41) is 14.3. The van der Waals surface area contributed by atoms with E-state index >= 15 is 4.39 Å². The summed E-state index contributed by atoms with van der Waals surface area (Å²) < 4.78 is 30.1. The number of hydrogen-bond donors (Lipinski definition) is 4. The second-order valence-electron chi connectivity index (χ2n) is 8.97. The van der Waals surface area contributed by atoms with E-state index in [1.54, 1.807) is 12.1 Å². The van der Waals surface area contributed by atoms with Gasteiger partial charge >= 0.3 is 0 Å². The molecule has 2 aromatic carbocycles. The maximum Gasteiger partial charge on any atom is 0.139 e. The van der Waals surface area contributed by atoms with Crippen molar-refractivity contribution in [2.75, 3.05) is 11.9 Å². The first-order valence-electron chi connectivity index (χ1n) is 10.3. The molecule has 0 saturated carbocycles. The van der Waals surface area contributed by atoms with Gasteiger partial charge in [0, 0.05) is 34.8 Å². The molecule has 2 heterocycles. The molecule has 30 heavy (non-hydrogen) atoms. The number of halogens is 2. The van der Waals surface area contributed by atoms with Crippen LogP contribution in [0.4, 0.5) is 14.5 Å². The van der Waals surface area contributed by atoms with Crippen LogP contribution < -0.4 is 11.1 Å². The number of hydrogen-bond acceptors (Lipinski definition) is 3. The standard InChI is InChI=1S/C20H20F2N2O.C4H11N/c1-10-9-23-19-11(10)5-4-6-12(19)17-14(21)8-15-13(18(17)22)7-16(25)20(2,3)24-15;1-4(2)3-5/h4-6,8-9,16,23-25H,7H2,1-3H3;4H,3,5H2,1-2H3/t16-;/m1./s1. The smallest absolute Gasteiger partial charge is 0.139 e. The number of benzene rings is 2. The molecule has 0 bridgehead atoms. The SMILES string of the molecule is CC(C)CN.Cc1c[nH]c2c(-c3c(F)cc4c(c3F)C[C@@H](O)C(C)(C)N4)cccc12. The Labute approximate surface area is 176 Å². The van der Waals surface area contributed by atoms with Gasteiger partial charge in [0.15, 0.2) is 0 Å². The molecule has 0 unspecified atom stereocenters. The highest BCUT2D eigenvalue weighted by molar-refractivity contribution is 5.96. The van der Waals surface area contributed by atoms with Gasteiger partial charge < -0.3 is 21.1 Å². The van der Waals surface area contributed by atoms with Crippen molar-refractivity contribution in [3.8, 4) is 11.1 Å². The van der Waals surface area contributed by atoms with E-state index in [4.69, 9.17) is 5.73 Å². The molecule has 4 rings (SSSR count). The number of nitrogens with two attached hydrogens (primary N) is 1. The minimum atomic E-state index is -0.753. The zero-order chi connectivity index (χ0) is 22.2. The first kappa shape index (κ1) is 22.2. The number of aromatic amines is 1. The molecule has 0 aliphatic carbocycles. The van der Waals surface area contributed by atoms with Crippen LogP contribution in [-0.4, -0.2) is 28.3 Å². The Morgan fingerprint density at radius 3 is 2.57 bits per heavy atom. The summed E-state index contributed by atoms with van der Waals surface area (Å²) in [7, 11) is 0. The highest BCUT2D eigenvalue weighted by atomic mass is 19.1. The van der Waals surface area contributed by atoms with Gasteiger partial charge in [-0.15, -0.1) is 0 Å². The molecule has 5 N–H and O–H groups in total. The molecule has 162 valence electrons. The largest absolute Gasteiger partial charge is 0.390 e. The average molecular weight is 416 g/mol. The Hall–Kier alpha value is -2.44. The van der Waals surface area contributed by atoms with Crippen LogP contribution in [-0.2, 0) is 6.42 Å². The van der Waals surface area contributed by atoms with Crippen molar-refractivity contribution in [3.63, 3.8) is 0 Å². The van der Waals surface area contributed by atoms with E-state index in [1.165, 1.54) is 6.07 Å². The Kier molecular flexibility index (Phi) is 6.20. The highest BCUT2D eigenvalue weighted by Crippen LogP contribution is 2.40. The van der Waals surface area contributed by atoms with Gasteiger partial charge in [0.05, 0.1) is 22.7 Å². The van der Waals surface area contributed by atoms with Crippen molar-refractivity contribution in [2.24, 2.45) is 11.7 Å². The van der Waals surface area contributed by atoms with Crippen molar-refractivity contribution >= 4 is 16.6 Å². The van der Waals surface area contributed by atoms with E-state index in [0.29, 0.717) is 28.2 Å². The van der Waals surface area contributed by atoms with Gasteiger partial charge in [-0.25, -0.2) is 8.78 Å². The molecule has 0 amide bonds. The maximum atomic E-state index is 15.3. The van der Waals surface area contributed by atoms with E-state index in [9.17, 15) is 9.50 Å². The van der Waals surface area contributed by atoms with Gasteiger partial charge in [-0.1, -0.05) is 32.0 Å². The summed E-state index contributed by atoms with van der Waals surface area (Å²) in [6.45, 7) is 10.6. The second-order valence-corrected chi connectivity index (χ2v) is 8.97. The molecule has 3 aromatic rings. The zero-order valence-electron chi connectivity index (χ0n) is 18.2. The third kappa shape index (κ3) is 4.07. The van der Waals surface area contributed by atoms with Gasteiger partial charge in [0.25, 0.3) is 0 Å². The highest BCUT2D eigenvalue weighted by Gasteiger charge is 2.36. The third-order valence-electron chi connectivity index (χ3n) is 5.67. The zero-order valence-corrected chi connectivity index (χ0v) is 18.2. The van der Waals surface area contributed by atoms with Crippen LogP contribution in [0.2, 0.25) is 0 Å². The number of aliphatic hydroxyl groups excluding tert-OH is 1. The van der Waals surface area contributed by atoms with E-state index in [-0.39, 0.29) is 12.0 Å². The lowest BCUT2D eigenvalue weighted by molar-refractivity contribution is 0.109. The Morgan fingerprint density at radius 1 is 1.27 bits per heavy atom. The van der Waals surface area contributed by atoms with Gasteiger partial charge in [-0.05, 0) is 44.9 Å². The predicted octanol–water partition coefficient (Wildman–Crippen LogP) is 5.13. The van der Waals surface area contributed by atoms with Gasteiger partial charge in [-0.2, -0.15) is 0 Å². The van der Waals surface area contributed by atoms with E-state index in [2.05, 4.69) is 24.1 Å². The minimum Gasteiger partial charge on any atom is -0.390 e. The molecular formula is C24H31F2N3O. The summed E-state index contributed by atoms with van der Waals surface area (Å²) in [4.78, 5) is 3.11. The van der Waals surface area contributed by atoms with Crippen molar-refractivity contribution in [3.05, 3.63) is 53.2 Å². The summed E-state index contributed by atoms with van der Waals surface area (Å²) in [6.07, 6.45) is 1.22. The van der Waals surface area contributed by atoms with Gasteiger partial charge in [0.2, 0.25) is 0 Å². The number of H-pyrrole nitrogens is 1. The fourth-order valence-corrected chi connectivity index (χ4v) is 3.60. The Morgan fingerprint density at radius 2 is 1.93 bits per heavy atom. The maximum absolute atomic E-state index is 15.3. The third-order valence-corrected chi connectivity index (χ3v) is 5.67. The van der Waals surface area contributed by atoms with Crippen LogP contribution in [0.1, 0.15) is 38.8 Å². The molecule has 0 spiro atoms. The number of aryl methyl sites for hydroxylation is 1. The fourth-order valence-electron chi connectivity index (χ4n) is 3.60. The van der Waals surface area contributed by atoms with Crippen molar-refractivity contribution in [2.45, 2.75) is 52.7 Å². The van der Waals surface area contributed by atoms with Crippen LogP contribution in [0, 0.1) is 24.5 Å². The van der Waals surface area contributed by atoms with Gasteiger partial charge in [-0.3, -0.25) is 0 Å². The lowest BCUT2D eigenvalue weighted by Gasteiger charge is -2.38. The minimum absolute atomic E-state index is 0.0556. The van der Waals surface area contributed by atoms with Crippen LogP contribution >= 0.6 is 0 Å². The first-order valence-corrected chi connectivity index (χ1v) is 10.3. The number of fused-ring (bicyclic) bond motifs is 2. The molecule has 1 aliphatic heterocycles. The molecule has 1 aliphatic rings. The van der Waals surface area contributed by atoms with E-state index in [0.717, 1.165) is 17.5 Å². The molecule has 0 radical (unpaired) electrons. The molecule has 6 heteroatoms. The van der Waals surface area contributed by atoms with Crippen LogP contribution in [0.25, 0.3) is 22.0 Å². The van der Waals surface area contributed by atoms with Crippen LogP contribution in [0.5, 0.6) is 0 Å². The number of para-hydroxylation sites is 1.